The lowest BCUT2D eigenvalue weighted by Crippen LogP contribution is -2.11. The summed E-state index contributed by atoms with van der Waals surface area (Å²) in [4.78, 5) is 36.0. The third-order valence-electron chi connectivity index (χ3n) is 4.04. The summed E-state index contributed by atoms with van der Waals surface area (Å²) in [6, 6.07) is 11.3. The van der Waals surface area contributed by atoms with Crippen molar-refractivity contribution in [1.82, 2.24) is 24.9 Å². The molecule has 4 aromatic rings. The Balaban J connectivity index is 1.46. The maximum absolute atomic E-state index is 12.7. The Morgan fingerprint density at radius 2 is 1.63 bits per heavy atom. The number of nitrogens with one attached hydrogen (secondary N) is 1. The van der Waals surface area contributed by atoms with Gasteiger partial charge in [0, 0.05) is 34.4 Å². The first-order valence-corrected chi connectivity index (χ1v) is 10.8. The van der Waals surface area contributed by atoms with Gasteiger partial charge in [-0.3, -0.25) is 4.79 Å². The number of benzene rings is 1. The van der Waals surface area contributed by atoms with E-state index in [9.17, 15) is 4.79 Å². The summed E-state index contributed by atoms with van der Waals surface area (Å²) in [5, 5.41) is 4.26. The van der Waals surface area contributed by atoms with Gasteiger partial charge in [0.15, 0.2) is 16.0 Å². The molecule has 30 heavy (non-hydrogen) atoms. The molecule has 7 nitrogen and oxygen atoms in total. The van der Waals surface area contributed by atoms with Crippen LogP contribution >= 0.6 is 23.1 Å². The molecule has 0 aliphatic heterocycles. The number of thiazole rings is 1. The molecule has 0 saturated heterocycles. The molecule has 4 rings (SSSR count). The van der Waals surface area contributed by atoms with Crippen molar-refractivity contribution in [2.45, 2.75) is 30.8 Å². The molecule has 0 radical (unpaired) electrons. The van der Waals surface area contributed by atoms with E-state index in [2.05, 4.69) is 30.2 Å². The van der Waals surface area contributed by atoms with Crippen LogP contribution in [0.2, 0.25) is 0 Å². The van der Waals surface area contributed by atoms with Gasteiger partial charge in [0.05, 0.1) is 5.69 Å². The summed E-state index contributed by atoms with van der Waals surface area (Å²) in [6.07, 6.45) is 3.31. The summed E-state index contributed by atoms with van der Waals surface area (Å²) < 4.78 is 0. The molecule has 3 aromatic heterocycles. The van der Waals surface area contributed by atoms with Gasteiger partial charge in [-0.25, -0.2) is 24.9 Å². The van der Waals surface area contributed by atoms with Crippen molar-refractivity contribution >= 4 is 34.7 Å². The third-order valence-corrected chi connectivity index (χ3v) is 6.07. The van der Waals surface area contributed by atoms with E-state index in [4.69, 9.17) is 0 Å². The van der Waals surface area contributed by atoms with Gasteiger partial charge in [-0.15, -0.1) is 11.3 Å². The number of rotatable bonds is 5. The second kappa shape index (κ2) is 8.68. The summed E-state index contributed by atoms with van der Waals surface area (Å²) in [7, 11) is 0. The predicted molar refractivity (Wildman–Crippen MR) is 118 cm³/mol. The lowest BCUT2D eigenvalue weighted by Gasteiger charge is -2.06. The number of carbonyl (C=O) groups excluding carboxylic acids is 1. The first-order chi connectivity index (χ1) is 14.5. The molecule has 1 amide bonds. The normalized spacial score (nSPS) is 10.8. The second-order valence-corrected chi connectivity index (χ2v) is 8.56. The molecule has 0 bridgehead atoms. The van der Waals surface area contributed by atoms with E-state index >= 15 is 0 Å². The van der Waals surface area contributed by atoms with Crippen LogP contribution in [-0.2, 0) is 0 Å². The Hall–Kier alpha value is -3.17. The fourth-order valence-corrected chi connectivity index (χ4v) is 4.52. The number of hydrogen-bond donors (Lipinski definition) is 1. The van der Waals surface area contributed by atoms with E-state index < -0.39 is 0 Å². The topological polar surface area (TPSA) is 93.6 Å². The number of amides is 1. The Morgan fingerprint density at radius 3 is 2.30 bits per heavy atom. The van der Waals surface area contributed by atoms with Crippen LogP contribution in [0.3, 0.4) is 0 Å². The maximum atomic E-state index is 12.7. The van der Waals surface area contributed by atoms with Crippen molar-refractivity contribution in [3.63, 3.8) is 0 Å². The number of aromatic nitrogens is 5. The third kappa shape index (κ3) is 4.69. The molecule has 9 heteroatoms. The van der Waals surface area contributed by atoms with Gasteiger partial charge in [-0.05, 0) is 68.9 Å². The SMILES string of the molecule is Cc1cc(C)nc(Sc2ccc(NC(=O)c3sc(-c4ncccn4)nc3C)cc2)n1. The Kier molecular flexibility index (Phi) is 5.82. The second-order valence-electron chi connectivity index (χ2n) is 6.52. The minimum absolute atomic E-state index is 0.203. The average Bonchev–Trinajstić information content (AvgIpc) is 3.11. The van der Waals surface area contributed by atoms with Gasteiger partial charge < -0.3 is 5.32 Å². The summed E-state index contributed by atoms with van der Waals surface area (Å²) in [5.74, 6) is 0.310. The van der Waals surface area contributed by atoms with Crippen molar-refractivity contribution in [2.24, 2.45) is 0 Å². The van der Waals surface area contributed by atoms with Crippen LogP contribution < -0.4 is 5.32 Å². The lowest BCUT2D eigenvalue weighted by atomic mass is 10.3. The number of aryl methyl sites for hydroxylation is 3. The van der Waals surface area contributed by atoms with Gasteiger partial charge in [0.25, 0.3) is 5.91 Å². The van der Waals surface area contributed by atoms with Crippen LogP contribution in [0.1, 0.15) is 26.8 Å². The number of hydrogen-bond acceptors (Lipinski definition) is 8. The van der Waals surface area contributed by atoms with E-state index in [1.807, 2.05) is 44.2 Å². The minimum Gasteiger partial charge on any atom is -0.321 e. The van der Waals surface area contributed by atoms with Crippen LogP contribution in [-0.4, -0.2) is 30.8 Å². The molecule has 0 fully saturated rings. The zero-order chi connectivity index (χ0) is 21.1. The van der Waals surface area contributed by atoms with E-state index in [-0.39, 0.29) is 5.91 Å². The molecule has 0 atom stereocenters. The van der Waals surface area contributed by atoms with Crippen LogP contribution in [0.15, 0.2) is 58.8 Å². The highest BCUT2D eigenvalue weighted by Crippen LogP contribution is 2.28. The Labute approximate surface area is 182 Å². The first kappa shape index (κ1) is 20.1. The first-order valence-electron chi connectivity index (χ1n) is 9.14. The molecular weight excluding hydrogens is 416 g/mol. The molecule has 1 N–H and O–H groups in total. The highest BCUT2D eigenvalue weighted by molar-refractivity contribution is 7.99. The van der Waals surface area contributed by atoms with Gasteiger partial charge in [-0.2, -0.15) is 0 Å². The van der Waals surface area contributed by atoms with Gasteiger partial charge in [-0.1, -0.05) is 0 Å². The van der Waals surface area contributed by atoms with Crippen LogP contribution in [0.4, 0.5) is 5.69 Å². The highest BCUT2D eigenvalue weighted by atomic mass is 32.2. The standard InChI is InChI=1S/C21H18N6OS2/c1-12-11-13(2)25-21(24-12)29-16-7-5-15(6-8-16)27-19(28)17-14(3)26-20(30-17)18-22-9-4-10-23-18/h4-11H,1-3H3,(H,27,28). The summed E-state index contributed by atoms with van der Waals surface area (Å²) >= 11 is 2.77. The van der Waals surface area contributed by atoms with Gasteiger partial charge in [0.2, 0.25) is 0 Å². The molecule has 0 saturated carbocycles. The molecule has 0 spiro atoms. The zero-order valence-electron chi connectivity index (χ0n) is 16.6. The predicted octanol–water partition coefficient (Wildman–Crippen LogP) is 4.72. The van der Waals surface area contributed by atoms with Gasteiger partial charge in [0.1, 0.15) is 4.88 Å². The van der Waals surface area contributed by atoms with Crippen LogP contribution in [0, 0.1) is 20.8 Å². The molecule has 0 aliphatic rings. The number of anilines is 1. The minimum atomic E-state index is -0.203. The average molecular weight is 435 g/mol. The number of nitrogens with zero attached hydrogens (tertiary/aromatic N) is 5. The van der Waals surface area contributed by atoms with Crippen molar-refractivity contribution in [2.75, 3.05) is 5.32 Å². The fraction of sp³-hybridized carbons (Fsp3) is 0.143. The molecule has 3 heterocycles. The quantitative estimate of drug-likeness (QED) is 0.454. The van der Waals surface area contributed by atoms with E-state index in [0.717, 1.165) is 16.3 Å². The van der Waals surface area contributed by atoms with Crippen molar-refractivity contribution in [3.8, 4) is 10.8 Å². The zero-order valence-corrected chi connectivity index (χ0v) is 18.2. The molecule has 1 aromatic carbocycles. The molecule has 0 unspecified atom stereocenters. The van der Waals surface area contributed by atoms with Crippen molar-refractivity contribution in [1.29, 1.82) is 0 Å². The largest absolute Gasteiger partial charge is 0.321 e. The van der Waals surface area contributed by atoms with Crippen molar-refractivity contribution < 1.29 is 4.79 Å². The Bertz CT molecular complexity index is 1170. The summed E-state index contributed by atoms with van der Waals surface area (Å²) in [6.45, 7) is 5.71. The smallest absolute Gasteiger partial charge is 0.267 e. The maximum Gasteiger partial charge on any atom is 0.267 e. The van der Waals surface area contributed by atoms with Crippen LogP contribution in [0.5, 0.6) is 0 Å². The van der Waals surface area contributed by atoms with Crippen molar-refractivity contribution in [3.05, 3.63) is 70.8 Å². The number of carbonyl (C=O) groups is 1. The monoisotopic (exact) mass is 434 g/mol. The van der Waals surface area contributed by atoms with E-state index in [1.165, 1.54) is 23.1 Å². The van der Waals surface area contributed by atoms with Crippen LogP contribution in [0.25, 0.3) is 10.8 Å². The lowest BCUT2D eigenvalue weighted by molar-refractivity contribution is 0.103. The molecule has 150 valence electrons. The molecule has 0 aliphatic carbocycles. The summed E-state index contributed by atoms with van der Waals surface area (Å²) in [5.41, 5.74) is 3.23. The van der Waals surface area contributed by atoms with Gasteiger partial charge >= 0.3 is 0 Å². The fourth-order valence-electron chi connectivity index (χ4n) is 2.75. The molecular formula is C21H18N6OS2. The van der Waals surface area contributed by atoms with E-state index in [0.29, 0.717) is 32.2 Å². The van der Waals surface area contributed by atoms with E-state index in [1.54, 1.807) is 25.4 Å². The highest BCUT2D eigenvalue weighted by Gasteiger charge is 2.17. The Morgan fingerprint density at radius 1 is 0.967 bits per heavy atom.